The Morgan fingerprint density at radius 3 is 2.43 bits per heavy atom. The summed E-state index contributed by atoms with van der Waals surface area (Å²) in [4.78, 5) is 3.13. The molecule has 0 radical (unpaired) electrons. The fourth-order valence-electron chi connectivity index (χ4n) is 2.11. The van der Waals surface area contributed by atoms with Crippen LogP contribution in [0.25, 0.3) is 0 Å². The van der Waals surface area contributed by atoms with Crippen LogP contribution >= 0.6 is 12.2 Å². The van der Waals surface area contributed by atoms with Crippen LogP contribution in [0, 0.1) is 11.8 Å². The zero-order valence-electron chi connectivity index (χ0n) is 9.33. The third-order valence-electron chi connectivity index (χ3n) is 3.25. The lowest BCUT2D eigenvalue weighted by molar-refractivity contribution is 0.161. The number of nitrogens with zero attached hydrogens (tertiary/aromatic N) is 1. The molecule has 1 heterocycles. The molecule has 0 amide bonds. The molecular formula is C11H22N2S. The summed E-state index contributed by atoms with van der Waals surface area (Å²) in [6.07, 6.45) is 3.56. The Labute approximate surface area is 92.8 Å². The van der Waals surface area contributed by atoms with Gasteiger partial charge in [0.2, 0.25) is 0 Å². The van der Waals surface area contributed by atoms with Crippen LogP contribution in [0.5, 0.6) is 0 Å². The highest BCUT2D eigenvalue weighted by atomic mass is 32.1. The zero-order valence-corrected chi connectivity index (χ0v) is 10.1. The van der Waals surface area contributed by atoms with E-state index in [1.807, 2.05) is 0 Å². The molecule has 0 aromatic heterocycles. The lowest BCUT2D eigenvalue weighted by Crippen LogP contribution is -2.36. The number of likely N-dealkylation sites (tertiary alicyclic amines) is 1. The van der Waals surface area contributed by atoms with E-state index in [9.17, 15) is 0 Å². The highest BCUT2D eigenvalue weighted by Crippen LogP contribution is 2.24. The first-order chi connectivity index (χ1) is 6.59. The highest BCUT2D eigenvalue weighted by Gasteiger charge is 2.20. The summed E-state index contributed by atoms with van der Waals surface area (Å²) in [5, 5.41) is 0. The van der Waals surface area contributed by atoms with Gasteiger partial charge in [-0.2, -0.15) is 0 Å². The van der Waals surface area contributed by atoms with Gasteiger partial charge in [-0.15, -0.1) is 0 Å². The van der Waals surface area contributed by atoms with Crippen molar-refractivity contribution < 1.29 is 0 Å². The molecule has 2 nitrogen and oxygen atoms in total. The minimum Gasteiger partial charge on any atom is -0.393 e. The Morgan fingerprint density at radius 1 is 1.43 bits per heavy atom. The topological polar surface area (TPSA) is 29.3 Å². The third kappa shape index (κ3) is 3.93. The second kappa shape index (κ2) is 5.66. The number of hydrogen-bond donors (Lipinski definition) is 1. The van der Waals surface area contributed by atoms with Crippen LogP contribution in [0.1, 0.15) is 33.1 Å². The van der Waals surface area contributed by atoms with E-state index in [-0.39, 0.29) is 0 Å². The second-order valence-electron chi connectivity index (χ2n) is 4.64. The Bertz CT molecular complexity index is 184. The maximum atomic E-state index is 5.49. The number of piperidine rings is 1. The molecule has 0 bridgehead atoms. The van der Waals surface area contributed by atoms with Crippen molar-refractivity contribution in [2.75, 3.05) is 19.6 Å². The molecule has 1 saturated heterocycles. The number of rotatable bonds is 4. The van der Waals surface area contributed by atoms with E-state index in [1.165, 1.54) is 25.9 Å². The number of nitrogens with two attached hydrogens (primary N) is 1. The largest absolute Gasteiger partial charge is 0.393 e. The van der Waals surface area contributed by atoms with Gasteiger partial charge in [-0.25, -0.2) is 0 Å². The zero-order chi connectivity index (χ0) is 10.6. The van der Waals surface area contributed by atoms with Crippen LogP contribution in [0.2, 0.25) is 0 Å². The molecule has 0 aromatic rings. The molecular weight excluding hydrogens is 192 g/mol. The molecule has 0 spiro atoms. The number of thiocarbonyl (C=S) groups is 1. The van der Waals surface area contributed by atoms with Gasteiger partial charge in [0, 0.05) is 13.0 Å². The lowest BCUT2D eigenvalue weighted by atomic mass is 9.87. The van der Waals surface area contributed by atoms with Crippen LogP contribution in [-0.4, -0.2) is 29.5 Å². The smallest absolute Gasteiger partial charge is 0.0740 e. The van der Waals surface area contributed by atoms with Crippen molar-refractivity contribution >= 4 is 17.2 Å². The molecule has 1 aliphatic rings. The fourth-order valence-corrected chi connectivity index (χ4v) is 2.20. The average molecular weight is 214 g/mol. The van der Waals surface area contributed by atoms with Gasteiger partial charge in [0.05, 0.1) is 4.99 Å². The standard InChI is InChI=1S/C11H22N2S/c1-9(2)10-3-6-13(7-4-10)8-5-11(12)14/h9-10H,3-8H2,1-2H3,(H2,12,14). The summed E-state index contributed by atoms with van der Waals surface area (Å²) in [6.45, 7) is 8.17. The normalized spacial score (nSPS) is 20.2. The van der Waals surface area contributed by atoms with Gasteiger partial charge in [-0.1, -0.05) is 26.1 Å². The molecule has 1 aliphatic heterocycles. The predicted molar refractivity (Wildman–Crippen MR) is 65.4 cm³/mol. The summed E-state index contributed by atoms with van der Waals surface area (Å²) in [7, 11) is 0. The molecule has 0 aromatic carbocycles. The van der Waals surface area contributed by atoms with Gasteiger partial charge in [0.25, 0.3) is 0 Å². The van der Waals surface area contributed by atoms with Gasteiger partial charge in [-0.3, -0.25) is 0 Å². The Morgan fingerprint density at radius 2 is 2.00 bits per heavy atom. The Hall–Kier alpha value is -0.150. The molecule has 2 N–H and O–H groups in total. The van der Waals surface area contributed by atoms with E-state index in [0.717, 1.165) is 24.8 Å². The first kappa shape index (κ1) is 11.9. The van der Waals surface area contributed by atoms with E-state index >= 15 is 0 Å². The molecule has 0 atom stereocenters. The molecule has 14 heavy (non-hydrogen) atoms. The molecule has 3 heteroatoms. The van der Waals surface area contributed by atoms with Crippen molar-refractivity contribution in [2.45, 2.75) is 33.1 Å². The summed E-state index contributed by atoms with van der Waals surface area (Å²) in [5.41, 5.74) is 5.49. The van der Waals surface area contributed by atoms with E-state index in [4.69, 9.17) is 18.0 Å². The average Bonchev–Trinajstić information content (AvgIpc) is 2.15. The van der Waals surface area contributed by atoms with Gasteiger partial charge < -0.3 is 10.6 Å². The van der Waals surface area contributed by atoms with Crippen LogP contribution in [0.3, 0.4) is 0 Å². The summed E-state index contributed by atoms with van der Waals surface area (Å²) in [6, 6.07) is 0. The maximum absolute atomic E-state index is 5.49. The van der Waals surface area contributed by atoms with Crippen molar-refractivity contribution in [3.8, 4) is 0 Å². The molecule has 0 saturated carbocycles. The summed E-state index contributed by atoms with van der Waals surface area (Å²) < 4.78 is 0. The van der Waals surface area contributed by atoms with E-state index in [2.05, 4.69) is 18.7 Å². The lowest BCUT2D eigenvalue weighted by Gasteiger charge is -2.33. The Kier molecular flexibility index (Phi) is 4.82. The minimum atomic E-state index is 0.649. The predicted octanol–water partition coefficient (Wildman–Crippen LogP) is 2.03. The molecule has 0 aliphatic carbocycles. The fraction of sp³-hybridized carbons (Fsp3) is 0.909. The summed E-state index contributed by atoms with van der Waals surface area (Å²) in [5.74, 6) is 1.77. The van der Waals surface area contributed by atoms with Crippen LogP contribution in [-0.2, 0) is 0 Å². The van der Waals surface area contributed by atoms with E-state index in [0.29, 0.717) is 4.99 Å². The second-order valence-corrected chi connectivity index (χ2v) is 5.16. The van der Waals surface area contributed by atoms with Crippen LogP contribution < -0.4 is 5.73 Å². The summed E-state index contributed by atoms with van der Waals surface area (Å²) >= 11 is 4.88. The van der Waals surface area contributed by atoms with Crippen molar-refractivity contribution in [3.05, 3.63) is 0 Å². The van der Waals surface area contributed by atoms with Crippen molar-refractivity contribution in [1.29, 1.82) is 0 Å². The third-order valence-corrected chi connectivity index (χ3v) is 3.45. The molecule has 82 valence electrons. The van der Waals surface area contributed by atoms with Crippen molar-refractivity contribution in [3.63, 3.8) is 0 Å². The minimum absolute atomic E-state index is 0.649. The van der Waals surface area contributed by atoms with Crippen LogP contribution in [0.15, 0.2) is 0 Å². The molecule has 1 rings (SSSR count). The van der Waals surface area contributed by atoms with Gasteiger partial charge >= 0.3 is 0 Å². The SMILES string of the molecule is CC(C)C1CCN(CCC(N)=S)CC1. The maximum Gasteiger partial charge on any atom is 0.0740 e. The monoisotopic (exact) mass is 214 g/mol. The van der Waals surface area contributed by atoms with Crippen molar-refractivity contribution in [2.24, 2.45) is 17.6 Å². The molecule has 1 fully saturated rings. The Balaban J connectivity index is 2.19. The van der Waals surface area contributed by atoms with Gasteiger partial charge in [0.1, 0.15) is 0 Å². The van der Waals surface area contributed by atoms with E-state index in [1.54, 1.807) is 0 Å². The highest BCUT2D eigenvalue weighted by molar-refractivity contribution is 7.80. The first-order valence-electron chi connectivity index (χ1n) is 5.60. The van der Waals surface area contributed by atoms with Gasteiger partial charge in [-0.05, 0) is 37.8 Å². The first-order valence-corrected chi connectivity index (χ1v) is 6.01. The number of hydrogen-bond acceptors (Lipinski definition) is 2. The van der Waals surface area contributed by atoms with Crippen LogP contribution in [0.4, 0.5) is 0 Å². The quantitative estimate of drug-likeness (QED) is 0.726. The van der Waals surface area contributed by atoms with Gasteiger partial charge in [0.15, 0.2) is 0 Å². The van der Waals surface area contributed by atoms with Crippen molar-refractivity contribution in [1.82, 2.24) is 4.90 Å². The van der Waals surface area contributed by atoms with E-state index < -0.39 is 0 Å². The molecule has 0 unspecified atom stereocenters.